The van der Waals surface area contributed by atoms with Crippen LogP contribution in [0.15, 0.2) is 52.5 Å². The second kappa shape index (κ2) is 6.39. The van der Waals surface area contributed by atoms with E-state index in [0.29, 0.717) is 11.4 Å². The summed E-state index contributed by atoms with van der Waals surface area (Å²) in [5.74, 6) is -0.180. The summed E-state index contributed by atoms with van der Waals surface area (Å²) in [6.07, 6.45) is 0. The van der Waals surface area contributed by atoms with Crippen molar-refractivity contribution >= 4 is 9.84 Å². The number of hydrogen-bond donors (Lipinski definition) is 0. The molecule has 0 aliphatic heterocycles. The van der Waals surface area contributed by atoms with Gasteiger partial charge >= 0.3 is 0 Å². The van der Waals surface area contributed by atoms with Crippen LogP contribution in [0.2, 0.25) is 0 Å². The third-order valence-corrected chi connectivity index (χ3v) is 4.54. The average molecular weight is 302 g/mol. The fourth-order valence-corrected chi connectivity index (χ4v) is 3.09. The summed E-state index contributed by atoms with van der Waals surface area (Å²) in [7, 11) is -3.43. The Balaban J connectivity index is 2.24. The SMILES string of the molecule is Cc1ccc(S(=O)(=O)Cc2cccc(CN=[N+]=[N-])n2)cc1. The molecule has 0 bridgehead atoms. The van der Waals surface area contributed by atoms with Crippen molar-refractivity contribution in [2.75, 3.05) is 0 Å². The molecule has 0 radical (unpaired) electrons. The van der Waals surface area contributed by atoms with Crippen molar-refractivity contribution in [1.82, 2.24) is 4.98 Å². The van der Waals surface area contributed by atoms with E-state index in [1.807, 2.05) is 6.92 Å². The Morgan fingerprint density at radius 3 is 2.48 bits per heavy atom. The van der Waals surface area contributed by atoms with Gasteiger partial charge in [0, 0.05) is 10.6 Å². The van der Waals surface area contributed by atoms with Crippen molar-refractivity contribution in [3.8, 4) is 0 Å². The Morgan fingerprint density at radius 2 is 1.81 bits per heavy atom. The lowest BCUT2D eigenvalue weighted by Crippen LogP contribution is -2.07. The lowest BCUT2D eigenvalue weighted by molar-refractivity contribution is 0.594. The van der Waals surface area contributed by atoms with Gasteiger partial charge in [0.05, 0.1) is 22.9 Å². The second-order valence-electron chi connectivity index (χ2n) is 4.58. The zero-order valence-corrected chi connectivity index (χ0v) is 12.3. The Bertz CT molecular complexity index is 779. The summed E-state index contributed by atoms with van der Waals surface area (Å²) in [5, 5.41) is 3.42. The molecule has 1 aromatic heterocycles. The quantitative estimate of drug-likeness (QED) is 0.482. The summed E-state index contributed by atoms with van der Waals surface area (Å²) >= 11 is 0. The highest BCUT2D eigenvalue weighted by Gasteiger charge is 2.16. The summed E-state index contributed by atoms with van der Waals surface area (Å²) in [5.41, 5.74) is 10.3. The molecule has 0 aliphatic rings. The highest BCUT2D eigenvalue weighted by molar-refractivity contribution is 7.90. The third kappa shape index (κ3) is 4.05. The molecule has 6 nitrogen and oxygen atoms in total. The molecule has 7 heteroatoms. The van der Waals surface area contributed by atoms with Crippen molar-refractivity contribution in [3.05, 3.63) is 69.9 Å². The van der Waals surface area contributed by atoms with Crippen LogP contribution in [-0.2, 0) is 22.1 Å². The van der Waals surface area contributed by atoms with Crippen LogP contribution in [0.3, 0.4) is 0 Å². The number of aryl methyl sites for hydroxylation is 1. The van der Waals surface area contributed by atoms with Gasteiger partial charge in [-0.15, -0.1) is 0 Å². The van der Waals surface area contributed by atoms with Crippen molar-refractivity contribution in [2.45, 2.75) is 24.1 Å². The molecule has 0 N–H and O–H groups in total. The van der Waals surface area contributed by atoms with Crippen LogP contribution in [0.25, 0.3) is 10.4 Å². The van der Waals surface area contributed by atoms with Crippen LogP contribution in [0.5, 0.6) is 0 Å². The first-order chi connectivity index (χ1) is 10.0. The van der Waals surface area contributed by atoms with Gasteiger partial charge in [-0.25, -0.2) is 8.42 Å². The first kappa shape index (κ1) is 15.0. The number of aromatic nitrogens is 1. The van der Waals surface area contributed by atoms with E-state index in [2.05, 4.69) is 15.0 Å². The largest absolute Gasteiger partial charge is 0.257 e. The van der Waals surface area contributed by atoms with Gasteiger partial charge in [0.25, 0.3) is 0 Å². The smallest absolute Gasteiger partial charge is 0.184 e. The van der Waals surface area contributed by atoms with E-state index in [1.54, 1.807) is 42.5 Å². The molecule has 1 aromatic carbocycles. The van der Waals surface area contributed by atoms with Crippen LogP contribution < -0.4 is 0 Å². The van der Waals surface area contributed by atoms with Gasteiger partial charge in [-0.1, -0.05) is 28.9 Å². The van der Waals surface area contributed by atoms with Gasteiger partial charge in [-0.2, -0.15) is 0 Å². The molecule has 0 spiro atoms. The maximum Gasteiger partial charge on any atom is 0.184 e. The molecule has 2 rings (SSSR count). The number of azide groups is 1. The highest BCUT2D eigenvalue weighted by atomic mass is 32.2. The molecule has 0 saturated heterocycles. The van der Waals surface area contributed by atoms with E-state index < -0.39 is 9.84 Å². The Hall–Kier alpha value is -2.37. The van der Waals surface area contributed by atoms with Crippen LogP contribution in [0.4, 0.5) is 0 Å². The van der Waals surface area contributed by atoms with Crippen LogP contribution >= 0.6 is 0 Å². The summed E-state index contributed by atoms with van der Waals surface area (Å²) < 4.78 is 24.6. The minimum absolute atomic E-state index is 0.106. The molecular formula is C14H14N4O2S. The molecule has 0 atom stereocenters. The number of hydrogen-bond acceptors (Lipinski definition) is 4. The van der Waals surface area contributed by atoms with Crippen molar-refractivity contribution in [1.29, 1.82) is 0 Å². The molecule has 0 aliphatic carbocycles. The lowest BCUT2D eigenvalue weighted by Gasteiger charge is -2.06. The van der Waals surface area contributed by atoms with Crippen molar-refractivity contribution in [2.24, 2.45) is 5.11 Å². The van der Waals surface area contributed by atoms with Gasteiger partial charge in [-0.3, -0.25) is 4.98 Å². The molecule has 1 heterocycles. The predicted octanol–water partition coefficient (Wildman–Crippen LogP) is 3.17. The van der Waals surface area contributed by atoms with Crippen LogP contribution in [0, 0.1) is 6.92 Å². The molecule has 0 saturated carbocycles. The lowest BCUT2D eigenvalue weighted by atomic mass is 10.2. The van der Waals surface area contributed by atoms with Crippen molar-refractivity contribution in [3.63, 3.8) is 0 Å². The molecule has 0 amide bonds. The maximum absolute atomic E-state index is 12.3. The number of benzene rings is 1. The van der Waals surface area contributed by atoms with E-state index in [1.165, 1.54) is 0 Å². The number of nitrogens with zero attached hydrogens (tertiary/aromatic N) is 4. The Kier molecular flexibility index (Phi) is 4.57. The standard InChI is InChI=1S/C14H14N4O2S/c1-11-5-7-14(8-6-11)21(19,20)10-13-4-2-3-12(17-13)9-16-18-15/h2-8H,9-10H2,1H3. The number of pyridine rings is 1. The minimum Gasteiger partial charge on any atom is -0.257 e. The van der Waals surface area contributed by atoms with Gasteiger partial charge in [-0.05, 0) is 36.7 Å². The van der Waals surface area contributed by atoms with Crippen molar-refractivity contribution < 1.29 is 8.42 Å². The fraction of sp³-hybridized carbons (Fsp3) is 0.214. The average Bonchev–Trinajstić information content (AvgIpc) is 2.45. The molecule has 21 heavy (non-hydrogen) atoms. The number of sulfone groups is 1. The fourth-order valence-electron chi connectivity index (χ4n) is 1.83. The summed E-state index contributed by atoms with van der Waals surface area (Å²) in [4.78, 5) is 7.13. The van der Waals surface area contributed by atoms with Crippen LogP contribution in [0.1, 0.15) is 17.0 Å². The van der Waals surface area contributed by atoms with E-state index in [4.69, 9.17) is 5.53 Å². The second-order valence-corrected chi connectivity index (χ2v) is 6.57. The Morgan fingerprint density at radius 1 is 1.14 bits per heavy atom. The van der Waals surface area contributed by atoms with Crippen LogP contribution in [-0.4, -0.2) is 13.4 Å². The first-order valence-corrected chi connectivity index (χ1v) is 7.91. The number of rotatable bonds is 5. The van der Waals surface area contributed by atoms with Gasteiger partial charge in [0.15, 0.2) is 9.84 Å². The van der Waals surface area contributed by atoms with E-state index >= 15 is 0 Å². The highest BCUT2D eigenvalue weighted by Crippen LogP contribution is 2.16. The summed E-state index contributed by atoms with van der Waals surface area (Å²) in [6.45, 7) is 2.01. The maximum atomic E-state index is 12.3. The van der Waals surface area contributed by atoms with E-state index in [0.717, 1.165) is 5.56 Å². The van der Waals surface area contributed by atoms with Gasteiger partial charge in [0.2, 0.25) is 0 Å². The monoisotopic (exact) mass is 302 g/mol. The normalized spacial score (nSPS) is 10.9. The minimum atomic E-state index is -3.43. The van der Waals surface area contributed by atoms with E-state index in [-0.39, 0.29) is 17.2 Å². The summed E-state index contributed by atoms with van der Waals surface area (Å²) in [6, 6.07) is 11.7. The topological polar surface area (TPSA) is 95.8 Å². The van der Waals surface area contributed by atoms with Gasteiger partial charge in [0.1, 0.15) is 0 Å². The zero-order chi connectivity index (χ0) is 15.3. The molecule has 0 unspecified atom stereocenters. The molecule has 108 valence electrons. The van der Waals surface area contributed by atoms with Gasteiger partial charge < -0.3 is 0 Å². The Labute approximate surface area is 123 Å². The molecule has 0 fully saturated rings. The molecular weight excluding hydrogens is 288 g/mol. The zero-order valence-electron chi connectivity index (χ0n) is 11.5. The van der Waals surface area contributed by atoms with E-state index in [9.17, 15) is 8.42 Å². The first-order valence-electron chi connectivity index (χ1n) is 6.26. The predicted molar refractivity (Wildman–Crippen MR) is 79.2 cm³/mol. The third-order valence-electron chi connectivity index (χ3n) is 2.88. The molecule has 2 aromatic rings.